The number of aromatic nitrogens is 3. The van der Waals surface area contributed by atoms with Gasteiger partial charge in [-0.3, -0.25) is 4.72 Å². The number of fused-ring (bicyclic) bond motifs is 1. The van der Waals surface area contributed by atoms with Crippen molar-refractivity contribution in [2.24, 2.45) is 0 Å². The molecule has 0 bridgehead atoms. The minimum Gasteiger partial charge on any atom is -0.472 e. The zero-order valence-electron chi connectivity index (χ0n) is 12.9. The van der Waals surface area contributed by atoms with Gasteiger partial charge in [-0.25, -0.2) is 18.4 Å². The second kappa shape index (κ2) is 6.71. The number of benzene rings is 1. The molecule has 0 aliphatic carbocycles. The van der Waals surface area contributed by atoms with E-state index in [2.05, 4.69) is 19.7 Å². The van der Waals surface area contributed by atoms with E-state index in [9.17, 15) is 8.42 Å². The molecule has 0 radical (unpaired) electrons. The van der Waals surface area contributed by atoms with E-state index in [4.69, 9.17) is 4.74 Å². The Morgan fingerprint density at radius 1 is 1.25 bits per heavy atom. The summed E-state index contributed by atoms with van der Waals surface area (Å²) in [6.45, 7) is 1.95. The van der Waals surface area contributed by atoms with Crippen molar-refractivity contribution >= 4 is 26.7 Å². The molecule has 0 aliphatic rings. The van der Waals surface area contributed by atoms with Crippen LogP contribution in [0.3, 0.4) is 0 Å². The first-order chi connectivity index (χ1) is 11.6. The molecule has 0 unspecified atom stereocenters. The van der Waals surface area contributed by atoms with Gasteiger partial charge in [0.15, 0.2) is 0 Å². The summed E-state index contributed by atoms with van der Waals surface area (Å²) in [5.74, 6) is 0.309. The highest BCUT2D eigenvalue weighted by Crippen LogP contribution is 2.30. The van der Waals surface area contributed by atoms with Crippen LogP contribution < -0.4 is 9.46 Å². The minimum absolute atomic E-state index is 0.309. The van der Waals surface area contributed by atoms with E-state index in [0.29, 0.717) is 29.2 Å². The van der Waals surface area contributed by atoms with Crippen LogP contribution in [-0.2, 0) is 16.6 Å². The fraction of sp³-hybridized carbons (Fsp3) is 0.125. The zero-order chi connectivity index (χ0) is 17.0. The van der Waals surface area contributed by atoms with Crippen LogP contribution >= 0.6 is 0 Å². The average Bonchev–Trinajstić information content (AvgIpc) is 2.97. The van der Waals surface area contributed by atoms with Gasteiger partial charge in [0.05, 0.1) is 5.69 Å². The topological polar surface area (TPSA) is 97.0 Å². The number of ether oxygens (including phenoxy) is 1. The van der Waals surface area contributed by atoms with Crippen LogP contribution in [0.25, 0.3) is 11.0 Å². The Balaban J connectivity index is 1.92. The molecule has 1 aromatic carbocycles. The molecule has 8 heteroatoms. The minimum atomic E-state index is -3.59. The van der Waals surface area contributed by atoms with Crippen LogP contribution in [0.4, 0.5) is 5.69 Å². The number of H-pyrrole nitrogens is 1. The maximum atomic E-state index is 11.9. The van der Waals surface area contributed by atoms with Crippen LogP contribution in [0, 0.1) is 0 Å². The lowest BCUT2D eigenvalue weighted by Crippen LogP contribution is -2.08. The van der Waals surface area contributed by atoms with E-state index in [-0.39, 0.29) is 0 Å². The SMILES string of the molecule is C/C=C/S(=O)(=O)Nc1c[nH]c2ncnc(OCc3ccccc3)c12. The Hall–Kier alpha value is -2.87. The average molecular weight is 344 g/mol. The highest BCUT2D eigenvalue weighted by Gasteiger charge is 2.16. The fourth-order valence-corrected chi connectivity index (χ4v) is 3.11. The third kappa shape index (κ3) is 3.54. The standard InChI is InChI=1S/C16H16N4O3S/c1-2-8-24(21,22)20-13-9-17-15-14(13)16(19-11-18-15)23-10-12-6-4-3-5-7-12/h2-9,11,20H,10H2,1H3,(H,17,18,19)/b8-2+. The lowest BCUT2D eigenvalue weighted by Gasteiger charge is -2.08. The molecule has 7 nitrogen and oxygen atoms in total. The van der Waals surface area contributed by atoms with Crippen molar-refractivity contribution in [1.82, 2.24) is 15.0 Å². The molecule has 3 aromatic rings. The number of sulfonamides is 1. The number of anilines is 1. The summed E-state index contributed by atoms with van der Waals surface area (Å²) in [5, 5.41) is 1.57. The normalized spacial score (nSPS) is 11.9. The molecule has 24 heavy (non-hydrogen) atoms. The molecular weight excluding hydrogens is 328 g/mol. The number of aromatic amines is 1. The van der Waals surface area contributed by atoms with Crippen molar-refractivity contribution in [3.63, 3.8) is 0 Å². The number of nitrogens with one attached hydrogen (secondary N) is 2. The van der Waals surface area contributed by atoms with Gasteiger partial charge >= 0.3 is 0 Å². The van der Waals surface area contributed by atoms with E-state index < -0.39 is 10.0 Å². The predicted octanol–water partition coefficient (Wildman–Crippen LogP) is 2.81. The van der Waals surface area contributed by atoms with Crippen molar-refractivity contribution in [2.45, 2.75) is 13.5 Å². The molecule has 0 amide bonds. The molecule has 0 fully saturated rings. The second-order valence-corrected chi connectivity index (χ2v) is 6.56. The number of rotatable bonds is 6. The summed E-state index contributed by atoms with van der Waals surface area (Å²) in [5.41, 5.74) is 1.81. The van der Waals surface area contributed by atoms with Gasteiger partial charge in [0.2, 0.25) is 5.88 Å². The van der Waals surface area contributed by atoms with Crippen LogP contribution in [0.5, 0.6) is 5.88 Å². The zero-order valence-corrected chi connectivity index (χ0v) is 13.7. The smallest absolute Gasteiger partial charge is 0.254 e. The van der Waals surface area contributed by atoms with E-state index in [0.717, 1.165) is 11.0 Å². The molecule has 0 saturated carbocycles. The highest BCUT2D eigenvalue weighted by molar-refractivity contribution is 7.95. The largest absolute Gasteiger partial charge is 0.472 e. The maximum Gasteiger partial charge on any atom is 0.254 e. The van der Waals surface area contributed by atoms with Gasteiger partial charge in [-0.15, -0.1) is 0 Å². The second-order valence-electron chi connectivity index (χ2n) is 5.00. The van der Waals surface area contributed by atoms with Crippen molar-refractivity contribution in [1.29, 1.82) is 0 Å². The van der Waals surface area contributed by atoms with E-state index in [1.165, 1.54) is 18.6 Å². The summed E-state index contributed by atoms with van der Waals surface area (Å²) in [6.07, 6.45) is 4.33. The van der Waals surface area contributed by atoms with Crippen LogP contribution in [0.1, 0.15) is 12.5 Å². The Labute approximate surface area is 139 Å². The van der Waals surface area contributed by atoms with E-state index in [1.807, 2.05) is 30.3 Å². The van der Waals surface area contributed by atoms with Gasteiger partial charge in [0, 0.05) is 11.6 Å². The molecule has 0 spiro atoms. The first-order valence-corrected chi connectivity index (χ1v) is 8.78. The molecule has 3 rings (SSSR count). The lowest BCUT2D eigenvalue weighted by molar-refractivity contribution is 0.298. The van der Waals surface area contributed by atoms with Gasteiger partial charge < -0.3 is 9.72 Å². The molecule has 124 valence electrons. The van der Waals surface area contributed by atoms with Crippen LogP contribution in [-0.4, -0.2) is 23.4 Å². The molecule has 2 aromatic heterocycles. The Morgan fingerprint density at radius 3 is 2.79 bits per heavy atom. The first kappa shape index (κ1) is 16.0. The summed E-state index contributed by atoms with van der Waals surface area (Å²) in [4.78, 5) is 11.1. The third-order valence-corrected chi connectivity index (χ3v) is 4.36. The Bertz CT molecular complexity index is 965. The van der Waals surface area contributed by atoms with Crippen molar-refractivity contribution in [3.8, 4) is 5.88 Å². The molecule has 0 aliphatic heterocycles. The first-order valence-electron chi connectivity index (χ1n) is 7.23. The fourth-order valence-electron chi connectivity index (χ4n) is 2.22. The molecular formula is C16H16N4O3S. The highest BCUT2D eigenvalue weighted by atomic mass is 32.2. The third-order valence-electron chi connectivity index (χ3n) is 3.22. The van der Waals surface area contributed by atoms with Crippen LogP contribution in [0.15, 0.2) is 54.3 Å². The van der Waals surface area contributed by atoms with Gasteiger partial charge in [-0.05, 0) is 12.5 Å². The summed E-state index contributed by atoms with van der Waals surface area (Å²) < 4.78 is 32.1. The van der Waals surface area contributed by atoms with Gasteiger partial charge in [-0.1, -0.05) is 36.4 Å². The molecule has 2 heterocycles. The number of hydrogen-bond acceptors (Lipinski definition) is 5. The summed E-state index contributed by atoms with van der Waals surface area (Å²) >= 11 is 0. The summed E-state index contributed by atoms with van der Waals surface area (Å²) in [6, 6.07) is 9.63. The monoisotopic (exact) mass is 344 g/mol. The van der Waals surface area contributed by atoms with E-state index in [1.54, 1.807) is 6.92 Å². The van der Waals surface area contributed by atoms with Gasteiger partial charge in [0.1, 0.15) is 24.0 Å². The van der Waals surface area contributed by atoms with Crippen molar-refractivity contribution in [3.05, 3.63) is 59.9 Å². The number of allylic oxidation sites excluding steroid dienone is 1. The molecule has 0 saturated heterocycles. The molecule has 2 N–H and O–H groups in total. The van der Waals surface area contributed by atoms with Crippen LogP contribution in [0.2, 0.25) is 0 Å². The summed E-state index contributed by atoms with van der Waals surface area (Å²) in [7, 11) is -3.59. The quantitative estimate of drug-likeness (QED) is 0.717. The van der Waals surface area contributed by atoms with Gasteiger partial charge in [0.25, 0.3) is 10.0 Å². The van der Waals surface area contributed by atoms with Crippen molar-refractivity contribution < 1.29 is 13.2 Å². The number of nitrogens with zero attached hydrogens (tertiary/aromatic N) is 2. The molecule has 0 atom stereocenters. The Kier molecular flexibility index (Phi) is 4.48. The lowest BCUT2D eigenvalue weighted by atomic mass is 10.2. The van der Waals surface area contributed by atoms with Gasteiger partial charge in [-0.2, -0.15) is 0 Å². The van der Waals surface area contributed by atoms with E-state index >= 15 is 0 Å². The predicted molar refractivity (Wildman–Crippen MR) is 92.0 cm³/mol. The Morgan fingerprint density at radius 2 is 2.04 bits per heavy atom. The maximum absolute atomic E-state index is 11.9. The van der Waals surface area contributed by atoms with Crippen molar-refractivity contribution in [2.75, 3.05) is 4.72 Å². The number of hydrogen-bond donors (Lipinski definition) is 2.